The quantitative estimate of drug-likeness (QED) is 0.693. The minimum Gasteiger partial charge on any atom is -0.493 e. The summed E-state index contributed by atoms with van der Waals surface area (Å²) in [4.78, 5) is 17.3. The molecule has 6 nitrogen and oxygen atoms in total. The van der Waals surface area contributed by atoms with E-state index in [1.165, 1.54) is 11.1 Å². The molecule has 2 aromatic rings. The van der Waals surface area contributed by atoms with Crippen molar-refractivity contribution >= 4 is 5.91 Å². The van der Waals surface area contributed by atoms with Crippen LogP contribution >= 0.6 is 0 Å². The Kier molecular flexibility index (Phi) is 7.21. The van der Waals surface area contributed by atoms with Crippen LogP contribution in [-0.4, -0.2) is 63.2 Å². The molecule has 0 N–H and O–H groups in total. The Bertz CT molecular complexity index is 831. The number of carbonyl (C=O) groups is 1. The van der Waals surface area contributed by atoms with Crippen LogP contribution in [0.25, 0.3) is 0 Å². The zero-order chi connectivity index (χ0) is 21.7. The second-order valence-corrected chi connectivity index (χ2v) is 7.88. The average Bonchev–Trinajstić information content (AvgIpc) is 2.78. The van der Waals surface area contributed by atoms with E-state index in [4.69, 9.17) is 14.2 Å². The molecule has 3 rings (SSSR count). The maximum atomic E-state index is 13.1. The molecule has 0 bridgehead atoms. The predicted molar refractivity (Wildman–Crippen MR) is 118 cm³/mol. The van der Waals surface area contributed by atoms with E-state index >= 15 is 0 Å². The molecule has 1 heterocycles. The topological polar surface area (TPSA) is 51.2 Å². The molecule has 1 aliphatic heterocycles. The molecule has 0 spiro atoms. The van der Waals surface area contributed by atoms with Crippen LogP contribution < -0.4 is 14.2 Å². The zero-order valence-electron chi connectivity index (χ0n) is 18.6. The fourth-order valence-corrected chi connectivity index (χ4v) is 3.76. The third-order valence-corrected chi connectivity index (χ3v) is 5.62. The Balaban J connectivity index is 1.62. The Labute approximate surface area is 179 Å². The highest BCUT2D eigenvalue weighted by Crippen LogP contribution is 2.38. The van der Waals surface area contributed by atoms with Crippen molar-refractivity contribution in [1.29, 1.82) is 0 Å². The van der Waals surface area contributed by atoms with Gasteiger partial charge in [-0.2, -0.15) is 0 Å². The molecule has 1 saturated heterocycles. The van der Waals surface area contributed by atoms with E-state index in [-0.39, 0.29) is 5.91 Å². The first-order chi connectivity index (χ1) is 14.5. The molecule has 2 aromatic carbocycles. The van der Waals surface area contributed by atoms with Gasteiger partial charge in [-0.1, -0.05) is 38.1 Å². The van der Waals surface area contributed by atoms with Crippen molar-refractivity contribution < 1.29 is 19.0 Å². The van der Waals surface area contributed by atoms with Crippen LogP contribution in [0, 0.1) is 0 Å². The second kappa shape index (κ2) is 9.85. The minimum absolute atomic E-state index is 0.0183. The van der Waals surface area contributed by atoms with Crippen LogP contribution in [-0.2, 0) is 6.54 Å². The number of hydrogen-bond acceptors (Lipinski definition) is 5. The molecule has 30 heavy (non-hydrogen) atoms. The van der Waals surface area contributed by atoms with Gasteiger partial charge in [0.05, 0.1) is 21.3 Å². The molecule has 0 radical (unpaired) electrons. The molecule has 6 heteroatoms. The number of hydrogen-bond donors (Lipinski definition) is 0. The van der Waals surface area contributed by atoms with Crippen molar-refractivity contribution in [2.75, 3.05) is 47.5 Å². The smallest absolute Gasteiger partial charge is 0.254 e. The highest BCUT2D eigenvalue weighted by molar-refractivity contribution is 5.95. The van der Waals surface area contributed by atoms with Gasteiger partial charge in [-0.15, -0.1) is 0 Å². The van der Waals surface area contributed by atoms with Crippen LogP contribution in [0.1, 0.15) is 41.3 Å². The molecule has 0 aliphatic carbocycles. The summed E-state index contributed by atoms with van der Waals surface area (Å²) in [5, 5.41) is 0. The number of piperazine rings is 1. The average molecular weight is 413 g/mol. The standard InChI is InChI=1S/C24H32N2O4/c1-17(2)19-8-6-18(7-9-19)16-25-10-12-26(13-11-25)24(27)20-14-21(28-3)23(30-5)22(15-20)29-4/h6-9,14-15,17H,10-13,16H2,1-5H3. The maximum Gasteiger partial charge on any atom is 0.254 e. The number of amides is 1. The largest absolute Gasteiger partial charge is 0.493 e. The van der Waals surface area contributed by atoms with Crippen LogP contribution in [0.4, 0.5) is 0 Å². The van der Waals surface area contributed by atoms with Crippen LogP contribution in [0.5, 0.6) is 17.2 Å². The van der Waals surface area contributed by atoms with E-state index < -0.39 is 0 Å². The summed E-state index contributed by atoms with van der Waals surface area (Å²) < 4.78 is 16.1. The van der Waals surface area contributed by atoms with E-state index in [1.807, 2.05) is 4.90 Å². The molecule has 162 valence electrons. The molecule has 0 unspecified atom stereocenters. The van der Waals surface area contributed by atoms with Crippen molar-refractivity contribution in [2.45, 2.75) is 26.3 Å². The van der Waals surface area contributed by atoms with Crippen molar-refractivity contribution in [1.82, 2.24) is 9.80 Å². The van der Waals surface area contributed by atoms with Gasteiger partial charge in [0, 0.05) is 38.3 Å². The van der Waals surface area contributed by atoms with E-state index in [2.05, 4.69) is 43.0 Å². The van der Waals surface area contributed by atoms with Crippen LogP contribution in [0.3, 0.4) is 0 Å². The summed E-state index contributed by atoms with van der Waals surface area (Å²) in [6.45, 7) is 8.41. The zero-order valence-corrected chi connectivity index (χ0v) is 18.6. The van der Waals surface area contributed by atoms with Gasteiger partial charge in [0.2, 0.25) is 5.75 Å². The normalized spacial score (nSPS) is 14.7. The molecule has 0 atom stereocenters. The summed E-state index contributed by atoms with van der Waals surface area (Å²) in [7, 11) is 4.66. The fraction of sp³-hybridized carbons (Fsp3) is 0.458. The number of methoxy groups -OCH3 is 3. The lowest BCUT2D eigenvalue weighted by Crippen LogP contribution is -2.48. The first-order valence-corrected chi connectivity index (χ1v) is 10.4. The number of carbonyl (C=O) groups excluding carboxylic acids is 1. The van der Waals surface area contributed by atoms with Gasteiger partial charge >= 0.3 is 0 Å². The van der Waals surface area contributed by atoms with E-state index in [1.54, 1.807) is 33.5 Å². The summed E-state index contributed by atoms with van der Waals surface area (Å²) >= 11 is 0. The summed E-state index contributed by atoms with van der Waals surface area (Å²) in [5.74, 6) is 2.00. The molecule has 0 saturated carbocycles. The fourth-order valence-electron chi connectivity index (χ4n) is 3.76. The third kappa shape index (κ3) is 4.87. The van der Waals surface area contributed by atoms with Crippen LogP contribution in [0.2, 0.25) is 0 Å². The van der Waals surface area contributed by atoms with Gasteiger partial charge in [0.1, 0.15) is 0 Å². The molecular weight excluding hydrogens is 380 g/mol. The Morgan fingerprint density at radius 2 is 1.47 bits per heavy atom. The lowest BCUT2D eigenvalue weighted by molar-refractivity contribution is 0.0627. The summed E-state index contributed by atoms with van der Waals surface area (Å²) in [6.07, 6.45) is 0. The summed E-state index contributed by atoms with van der Waals surface area (Å²) in [5.41, 5.74) is 3.21. The van der Waals surface area contributed by atoms with Gasteiger partial charge in [0.15, 0.2) is 11.5 Å². The van der Waals surface area contributed by atoms with Gasteiger partial charge < -0.3 is 19.1 Å². The van der Waals surface area contributed by atoms with E-state index in [9.17, 15) is 4.79 Å². The highest BCUT2D eigenvalue weighted by atomic mass is 16.5. The molecule has 1 aliphatic rings. The van der Waals surface area contributed by atoms with Crippen molar-refractivity contribution in [3.05, 3.63) is 53.1 Å². The molecule has 1 amide bonds. The maximum absolute atomic E-state index is 13.1. The van der Waals surface area contributed by atoms with Gasteiger partial charge in [0.25, 0.3) is 5.91 Å². The second-order valence-electron chi connectivity index (χ2n) is 7.88. The van der Waals surface area contributed by atoms with Crippen LogP contribution in [0.15, 0.2) is 36.4 Å². The number of benzene rings is 2. The summed E-state index contributed by atoms with van der Waals surface area (Å²) in [6, 6.07) is 12.3. The van der Waals surface area contributed by atoms with Gasteiger partial charge in [-0.25, -0.2) is 0 Å². The van der Waals surface area contributed by atoms with E-state index in [0.717, 1.165) is 19.6 Å². The minimum atomic E-state index is -0.0183. The number of rotatable bonds is 7. The monoisotopic (exact) mass is 412 g/mol. The van der Waals surface area contributed by atoms with Gasteiger partial charge in [-0.3, -0.25) is 9.69 Å². The lowest BCUT2D eigenvalue weighted by atomic mass is 10.0. The Hall–Kier alpha value is -2.73. The first kappa shape index (κ1) is 22.0. The van der Waals surface area contributed by atoms with Crippen molar-refractivity contribution in [3.63, 3.8) is 0 Å². The molecule has 0 aromatic heterocycles. The van der Waals surface area contributed by atoms with Crippen molar-refractivity contribution in [2.24, 2.45) is 0 Å². The number of nitrogens with zero attached hydrogens (tertiary/aromatic N) is 2. The van der Waals surface area contributed by atoms with E-state index in [0.29, 0.717) is 41.8 Å². The predicted octanol–water partition coefficient (Wildman–Crippen LogP) is 3.79. The Morgan fingerprint density at radius 3 is 1.93 bits per heavy atom. The lowest BCUT2D eigenvalue weighted by Gasteiger charge is -2.35. The third-order valence-electron chi connectivity index (χ3n) is 5.62. The van der Waals surface area contributed by atoms with Gasteiger partial charge in [-0.05, 0) is 29.2 Å². The SMILES string of the molecule is COc1cc(C(=O)N2CCN(Cc3ccc(C(C)C)cc3)CC2)cc(OC)c1OC. The number of ether oxygens (including phenoxy) is 3. The molecule has 1 fully saturated rings. The Morgan fingerprint density at radius 1 is 0.900 bits per heavy atom. The molecular formula is C24H32N2O4. The first-order valence-electron chi connectivity index (χ1n) is 10.4. The highest BCUT2D eigenvalue weighted by Gasteiger charge is 2.24. The van der Waals surface area contributed by atoms with Crippen molar-refractivity contribution in [3.8, 4) is 17.2 Å².